The Morgan fingerprint density at radius 2 is 1.93 bits per heavy atom. The quantitative estimate of drug-likeness (QED) is 0.489. The van der Waals surface area contributed by atoms with Gasteiger partial charge in [0.25, 0.3) is 10.0 Å². The molecule has 2 aromatic carbocycles. The fourth-order valence-corrected chi connectivity index (χ4v) is 4.27. The van der Waals surface area contributed by atoms with E-state index in [1.54, 1.807) is 37.4 Å². The maximum absolute atomic E-state index is 12.8. The third-order valence-corrected chi connectivity index (χ3v) is 6.08. The molecule has 150 valence electrons. The standard InChI is InChI=1S/C20H20N4O4S/c1-3-13-6-9-17(19-18(13)15(10-21)11-22-19)24-29(27,28)16-7-4-14(5-8-16)12(2)23-20(25)26/h4-9,11-12,22-24H,3H2,1-2H3,(H,25,26). The molecule has 0 aliphatic carbocycles. The van der Waals surface area contributed by atoms with E-state index in [9.17, 15) is 18.5 Å². The second-order valence-electron chi connectivity index (χ2n) is 6.54. The smallest absolute Gasteiger partial charge is 0.405 e. The molecule has 0 saturated heterocycles. The molecule has 0 saturated carbocycles. The van der Waals surface area contributed by atoms with Gasteiger partial charge in [0.05, 0.1) is 27.7 Å². The maximum Gasteiger partial charge on any atom is 0.405 e. The Morgan fingerprint density at radius 3 is 2.52 bits per heavy atom. The van der Waals surface area contributed by atoms with Gasteiger partial charge in [0, 0.05) is 11.6 Å². The second kappa shape index (κ2) is 7.85. The molecule has 1 amide bonds. The molecule has 1 aromatic heterocycles. The van der Waals surface area contributed by atoms with Gasteiger partial charge in [0.2, 0.25) is 0 Å². The lowest BCUT2D eigenvalue weighted by Gasteiger charge is -2.14. The number of carboxylic acid groups (broad SMARTS) is 1. The first kappa shape index (κ1) is 20.2. The second-order valence-corrected chi connectivity index (χ2v) is 8.22. The summed E-state index contributed by atoms with van der Waals surface area (Å²) in [5.41, 5.74) is 2.96. The number of nitrogens with zero attached hydrogens (tertiary/aromatic N) is 1. The third kappa shape index (κ3) is 4.02. The average molecular weight is 412 g/mol. The number of H-pyrrole nitrogens is 1. The van der Waals surface area contributed by atoms with Crippen LogP contribution in [0.4, 0.5) is 10.5 Å². The summed E-state index contributed by atoms with van der Waals surface area (Å²) >= 11 is 0. The molecule has 4 N–H and O–H groups in total. The zero-order valence-corrected chi connectivity index (χ0v) is 16.7. The topological polar surface area (TPSA) is 135 Å². The summed E-state index contributed by atoms with van der Waals surface area (Å²) in [5.74, 6) is 0. The van der Waals surface area contributed by atoms with Gasteiger partial charge < -0.3 is 15.4 Å². The van der Waals surface area contributed by atoms with Crippen LogP contribution in [0.5, 0.6) is 0 Å². The van der Waals surface area contributed by atoms with Crippen LogP contribution in [-0.4, -0.2) is 24.6 Å². The monoisotopic (exact) mass is 412 g/mol. The van der Waals surface area contributed by atoms with E-state index in [2.05, 4.69) is 21.1 Å². The minimum Gasteiger partial charge on any atom is -0.465 e. The highest BCUT2D eigenvalue weighted by molar-refractivity contribution is 7.92. The van der Waals surface area contributed by atoms with Gasteiger partial charge in [-0.2, -0.15) is 5.26 Å². The van der Waals surface area contributed by atoms with Crippen LogP contribution >= 0.6 is 0 Å². The van der Waals surface area contributed by atoms with E-state index in [-0.39, 0.29) is 4.90 Å². The first-order chi connectivity index (χ1) is 13.8. The Morgan fingerprint density at radius 1 is 1.24 bits per heavy atom. The zero-order chi connectivity index (χ0) is 21.2. The van der Waals surface area contributed by atoms with E-state index >= 15 is 0 Å². The molecular formula is C20H20N4O4S. The Balaban J connectivity index is 1.93. The van der Waals surface area contributed by atoms with Crippen molar-refractivity contribution in [2.24, 2.45) is 0 Å². The summed E-state index contributed by atoms with van der Waals surface area (Å²) in [4.78, 5) is 13.8. The van der Waals surface area contributed by atoms with Crippen molar-refractivity contribution in [1.29, 1.82) is 5.26 Å². The Labute approximate surface area is 168 Å². The normalized spacial score (nSPS) is 12.3. The molecular weight excluding hydrogens is 392 g/mol. The lowest BCUT2D eigenvalue weighted by molar-refractivity contribution is 0.191. The van der Waals surface area contributed by atoms with Crippen LogP contribution in [0.15, 0.2) is 47.5 Å². The molecule has 1 unspecified atom stereocenters. The van der Waals surface area contributed by atoms with Crippen molar-refractivity contribution >= 4 is 32.7 Å². The van der Waals surface area contributed by atoms with Crippen LogP contribution in [0.3, 0.4) is 0 Å². The van der Waals surface area contributed by atoms with Gasteiger partial charge in [-0.1, -0.05) is 25.1 Å². The van der Waals surface area contributed by atoms with Gasteiger partial charge in [0.15, 0.2) is 0 Å². The number of anilines is 1. The predicted octanol–water partition coefficient (Wildman–Crippen LogP) is 3.73. The number of nitriles is 1. The van der Waals surface area contributed by atoms with Crippen molar-refractivity contribution in [2.75, 3.05) is 4.72 Å². The van der Waals surface area contributed by atoms with Crippen molar-refractivity contribution < 1.29 is 18.3 Å². The van der Waals surface area contributed by atoms with E-state index in [4.69, 9.17) is 5.11 Å². The van der Waals surface area contributed by atoms with Gasteiger partial charge in [-0.3, -0.25) is 4.72 Å². The largest absolute Gasteiger partial charge is 0.465 e. The van der Waals surface area contributed by atoms with Crippen LogP contribution in [0.1, 0.15) is 36.6 Å². The molecule has 1 heterocycles. The molecule has 1 atom stereocenters. The molecule has 0 aliphatic rings. The number of hydrogen-bond acceptors (Lipinski definition) is 4. The Hall–Kier alpha value is -3.51. The van der Waals surface area contributed by atoms with E-state index in [0.29, 0.717) is 34.1 Å². The first-order valence-corrected chi connectivity index (χ1v) is 10.4. The Bertz CT molecular complexity index is 1210. The summed E-state index contributed by atoms with van der Waals surface area (Å²) in [6.45, 7) is 3.63. The molecule has 0 radical (unpaired) electrons. The number of nitrogens with one attached hydrogen (secondary N) is 3. The minimum absolute atomic E-state index is 0.0450. The summed E-state index contributed by atoms with van der Waals surface area (Å²) < 4.78 is 28.2. The number of carbonyl (C=O) groups is 1. The highest BCUT2D eigenvalue weighted by atomic mass is 32.2. The van der Waals surface area contributed by atoms with Crippen LogP contribution in [-0.2, 0) is 16.4 Å². The van der Waals surface area contributed by atoms with Gasteiger partial charge in [0.1, 0.15) is 6.07 Å². The lowest BCUT2D eigenvalue weighted by atomic mass is 10.0. The number of aromatic nitrogens is 1. The van der Waals surface area contributed by atoms with Crippen molar-refractivity contribution in [2.45, 2.75) is 31.2 Å². The first-order valence-electron chi connectivity index (χ1n) is 8.92. The number of benzene rings is 2. The van der Waals surface area contributed by atoms with Gasteiger partial charge in [-0.05, 0) is 42.7 Å². The van der Waals surface area contributed by atoms with Crippen LogP contribution in [0.2, 0.25) is 0 Å². The number of fused-ring (bicyclic) bond motifs is 1. The van der Waals surface area contributed by atoms with Crippen molar-refractivity contribution in [3.05, 3.63) is 59.3 Å². The number of rotatable bonds is 6. The molecule has 9 heteroatoms. The van der Waals surface area contributed by atoms with Crippen molar-refractivity contribution in [3.63, 3.8) is 0 Å². The number of amides is 1. The van der Waals surface area contributed by atoms with Gasteiger partial charge in [-0.15, -0.1) is 0 Å². The molecule has 0 fully saturated rings. The molecule has 0 aliphatic heterocycles. The molecule has 3 rings (SSSR count). The molecule has 29 heavy (non-hydrogen) atoms. The Kier molecular flexibility index (Phi) is 5.48. The highest BCUT2D eigenvalue weighted by Gasteiger charge is 2.19. The molecule has 0 bridgehead atoms. The number of aryl methyl sites for hydroxylation is 1. The van der Waals surface area contributed by atoms with E-state index < -0.39 is 22.2 Å². The fourth-order valence-electron chi connectivity index (χ4n) is 3.20. The lowest BCUT2D eigenvalue weighted by Crippen LogP contribution is -2.24. The van der Waals surface area contributed by atoms with Crippen LogP contribution in [0.25, 0.3) is 10.9 Å². The third-order valence-electron chi connectivity index (χ3n) is 4.70. The average Bonchev–Trinajstić information content (AvgIpc) is 3.12. The molecule has 3 aromatic rings. The number of hydrogen-bond donors (Lipinski definition) is 4. The summed E-state index contributed by atoms with van der Waals surface area (Å²) in [5, 5.41) is 21.1. The van der Waals surface area contributed by atoms with Crippen molar-refractivity contribution in [3.8, 4) is 6.07 Å². The molecule has 8 nitrogen and oxygen atoms in total. The summed E-state index contributed by atoms with van der Waals surface area (Å²) in [6.07, 6.45) is 1.12. The van der Waals surface area contributed by atoms with Crippen molar-refractivity contribution in [1.82, 2.24) is 10.3 Å². The number of aromatic amines is 1. The molecule has 0 spiro atoms. The highest BCUT2D eigenvalue weighted by Crippen LogP contribution is 2.30. The van der Waals surface area contributed by atoms with Gasteiger partial charge in [-0.25, -0.2) is 13.2 Å². The zero-order valence-electron chi connectivity index (χ0n) is 15.9. The summed E-state index contributed by atoms with van der Waals surface area (Å²) in [6, 6.07) is 11.1. The number of sulfonamides is 1. The predicted molar refractivity (Wildman–Crippen MR) is 109 cm³/mol. The van der Waals surface area contributed by atoms with Crippen LogP contribution < -0.4 is 10.0 Å². The SMILES string of the molecule is CCc1ccc(NS(=O)(=O)c2ccc(C(C)NC(=O)O)cc2)c2[nH]cc(C#N)c12. The van der Waals surface area contributed by atoms with Crippen LogP contribution in [0, 0.1) is 11.3 Å². The van der Waals surface area contributed by atoms with E-state index in [1.807, 2.05) is 6.92 Å². The summed E-state index contributed by atoms with van der Waals surface area (Å²) in [7, 11) is -3.88. The minimum atomic E-state index is -3.88. The maximum atomic E-state index is 12.8. The van der Waals surface area contributed by atoms with E-state index in [1.165, 1.54) is 12.1 Å². The van der Waals surface area contributed by atoms with Gasteiger partial charge >= 0.3 is 6.09 Å². The van der Waals surface area contributed by atoms with E-state index in [0.717, 1.165) is 5.56 Å². The fraction of sp³-hybridized carbons (Fsp3) is 0.200.